The van der Waals surface area contributed by atoms with Crippen molar-refractivity contribution >= 4 is 109 Å². The first-order chi connectivity index (χ1) is 40.2. The molecule has 8 aromatic heterocycles. The van der Waals surface area contributed by atoms with Gasteiger partial charge in [0.05, 0.1) is 123 Å². The topological polar surface area (TPSA) is 111 Å². The van der Waals surface area contributed by atoms with E-state index in [1.165, 1.54) is 0 Å². The predicted octanol–water partition coefficient (Wildman–Crippen LogP) is 16.8. The molecule has 0 aliphatic carbocycles. The Bertz CT molecular complexity index is 5100. The normalized spacial score (nSPS) is 11.9. The van der Waals surface area contributed by atoms with Crippen molar-refractivity contribution in [2.75, 3.05) is 0 Å². The monoisotopic (exact) mass is 1030 g/mol. The van der Waals surface area contributed by atoms with Gasteiger partial charge in [-0.2, -0.15) is 10.5 Å². The molecule has 9 aromatic carbocycles. The van der Waals surface area contributed by atoms with E-state index < -0.39 is 0 Å². The van der Waals surface area contributed by atoms with Gasteiger partial charge in [-0.05, 0) is 103 Å². The van der Waals surface area contributed by atoms with Crippen LogP contribution in [0.3, 0.4) is 0 Å². The van der Waals surface area contributed by atoms with E-state index in [0.717, 1.165) is 143 Å². The summed E-state index contributed by atoms with van der Waals surface area (Å²) in [6.45, 7) is 0. The molecule has 0 bridgehead atoms. The van der Waals surface area contributed by atoms with Gasteiger partial charge in [0.15, 0.2) is 0 Å². The molecule has 374 valence electrons. The number of benzene rings is 9. The molecule has 0 fully saturated rings. The molecule has 10 nitrogen and oxygen atoms in total. The third kappa shape index (κ3) is 6.10. The van der Waals surface area contributed by atoms with E-state index in [0.29, 0.717) is 16.7 Å². The number of para-hydroxylation sites is 7. The van der Waals surface area contributed by atoms with Crippen molar-refractivity contribution < 1.29 is 0 Å². The van der Waals surface area contributed by atoms with Crippen molar-refractivity contribution in [2.45, 2.75) is 0 Å². The zero-order chi connectivity index (χ0) is 53.4. The molecule has 81 heavy (non-hydrogen) atoms. The van der Waals surface area contributed by atoms with Crippen LogP contribution < -0.4 is 0 Å². The van der Waals surface area contributed by atoms with Crippen molar-refractivity contribution in [1.29, 1.82) is 10.5 Å². The Kier molecular flexibility index (Phi) is 9.32. The van der Waals surface area contributed by atoms with Crippen molar-refractivity contribution in [1.82, 2.24) is 37.8 Å². The number of nitrogens with zero attached hydrogens (tertiary/aromatic N) is 10. The summed E-state index contributed by atoms with van der Waals surface area (Å²) in [5.41, 5.74) is 18.1. The largest absolute Gasteiger partial charge is 0.305 e. The third-order valence-electron chi connectivity index (χ3n) is 16.4. The number of nitriles is 2. The zero-order valence-electron chi connectivity index (χ0n) is 43.1. The van der Waals surface area contributed by atoms with E-state index in [-0.39, 0.29) is 0 Å². The Hall–Kier alpha value is -11.6. The maximum atomic E-state index is 11.2. The summed E-state index contributed by atoms with van der Waals surface area (Å²) in [7, 11) is 0. The number of hydrogen-bond donors (Lipinski definition) is 0. The second-order valence-corrected chi connectivity index (χ2v) is 20.6. The Balaban J connectivity index is 1.31. The first-order valence-electron chi connectivity index (χ1n) is 26.9. The van der Waals surface area contributed by atoms with Crippen molar-refractivity contribution in [3.05, 3.63) is 254 Å². The molecule has 0 spiro atoms. The number of aromatic nitrogens is 8. The van der Waals surface area contributed by atoms with Crippen molar-refractivity contribution in [3.63, 3.8) is 0 Å². The van der Waals surface area contributed by atoms with Gasteiger partial charge in [-0.1, -0.05) is 127 Å². The van der Waals surface area contributed by atoms with E-state index in [1.54, 1.807) is 6.07 Å². The minimum atomic E-state index is 0.350. The maximum Gasteiger partial charge on any atom is 0.0992 e. The summed E-state index contributed by atoms with van der Waals surface area (Å²) in [6, 6.07) is 83.4. The molecule has 0 saturated carbocycles. The zero-order valence-corrected chi connectivity index (χ0v) is 43.1. The molecule has 17 rings (SSSR count). The highest BCUT2D eigenvalue weighted by Crippen LogP contribution is 2.54. The fraction of sp³-hybridized carbons (Fsp3) is 0. The van der Waals surface area contributed by atoms with Gasteiger partial charge in [0, 0.05) is 61.9 Å². The predicted molar refractivity (Wildman–Crippen MR) is 326 cm³/mol. The molecule has 10 heteroatoms. The van der Waals surface area contributed by atoms with Crippen LogP contribution in [0.2, 0.25) is 0 Å². The second-order valence-electron chi connectivity index (χ2n) is 20.6. The summed E-state index contributed by atoms with van der Waals surface area (Å²) in [4.78, 5) is 15.6. The first-order valence-corrected chi connectivity index (χ1v) is 26.9. The van der Waals surface area contributed by atoms with Crippen molar-refractivity contribution in [2.24, 2.45) is 0 Å². The molecule has 0 aliphatic heterocycles. The van der Waals surface area contributed by atoms with E-state index in [1.807, 2.05) is 48.9 Å². The number of rotatable bonds is 6. The van der Waals surface area contributed by atoms with E-state index in [4.69, 9.17) is 15.0 Å². The average molecular weight is 1030 g/mol. The fourth-order valence-electron chi connectivity index (χ4n) is 13.3. The molecule has 0 N–H and O–H groups in total. The highest BCUT2D eigenvalue weighted by atomic mass is 15.2. The van der Waals surface area contributed by atoms with Gasteiger partial charge in [0.1, 0.15) is 0 Å². The Labute approximate surface area is 461 Å². The molecule has 0 aliphatic rings. The van der Waals surface area contributed by atoms with E-state index >= 15 is 0 Å². The van der Waals surface area contributed by atoms with Crippen LogP contribution in [-0.4, -0.2) is 37.8 Å². The smallest absolute Gasteiger partial charge is 0.0992 e. The number of hydrogen-bond acceptors (Lipinski definition) is 5. The minimum Gasteiger partial charge on any atom is -0.305 e. The lowest BCUT2D eigenvalue weighted by Crippen LogP contribution is -2.18. The van der Waals surface area contributed by atoms with E-state index in [2.05, 4.69) is 223 Å². The lowest BCUT2D eigenvalue weighted by atomic mass is 9.93. The van der Waals surface area contributed by atoms with Crippen LogP contribution >= 0.6 is 0 Å². The molecule has 0 unspecified atom stereocenters. The van der Waals surface area contributed by atoms with Crippen LogP contribution in [0, 0.1) is 22.7 Å². The van der Waals surface area contributed by atoms with Crippen LogP contribution in [-0.2, 0) is 0 Å². The molecular weight excluding hydrogens is 993 g/mol. The summed E-state index contributed by atoms with van der Waals surface area (Å²) in [6.07, 6.45) is 5.61. The maximum absolute atomic E-state index is 11.2. The van der Waals surface area contributed by atoms with Gasteiger partial charge in [0.2, 0.25) is 0 Å². The molecule has 17 aromatic rings. The van der Waals surface area contributed by atoms with Gasteiger partial charge in [-0.15, -0.1) is 0 Å². The summed E-state index contributed by atoms with van der Waals surface area (Å²) < 4.78 is 12.1. The Morgan fingerprint density at radius 3 is 0.827 bits per heavy atom. The average Bonchev–Trinajstić information content (AvgIpc) is 3.80. The highest BCUT2D eigenvalue weighted by molar-refractivity contribution is 6.18. The minimum absolute atomic E-state index is 0.350. The molecule has 8 heterocycles. The summed E-state index contributed by atoms with van der Waals surface area (Å²) in [5.74, 6) is 0. The number of fused-ring (bicyclic) bond motifs is 15. The molecular formula is C71H40N10. The molecule has 0 saturated heterocycles. The van der Waals surface area contributed by atoms with Crippen LogP contribution in [0.4, 0.5) is 0 Å². The fourth-order valence-corrected chi connectivity index (χ4v) is 13.3. The van der Waals surface area contributed by atoms with Gasteiger partial charge in [-0.3, -0.25) is 15.0 Å². The molecule has 0 atom stereocenters. The van der Waals surface area contributed by atoms with Crippen LogP contribution in [0.5, 0.6) is 0 Å². The summed E-state index contributed by atoms with van der Waals surface area (Å²) in [5, 5.41) is 29.5. The highest BCUT2D eigenvalue weighted by Gasteiger charge is 2.37. The first kappa shape index (κ1) is 44.5. The van der Waals surface area contributed by atoms with Crippen LogP contribution in [0.25, 0.3) is 149 Å². The molecule has 0 radical (unpaired) electrons. The number of pyridine rings is 3. The van der Waals surface area contributed by atoms with Gasteiger partial charge in [0.25, 0.3) is 0 Å². The summed E-state index contributed by atoms with van der Waals surface area (Å²) >= 11 is 0. The second kappa shape index (κ2) is 17.0. The van der Waals surface area contributed by atoms with Gasteiger partial charge in [-0.25, -0.2) is 0 Å². The molecule has 0 amide bonds. The lowest BCUT2D eigenvalue weighted by molar-refractivity contribution is 1.00. The van der Waals surface area contributed by atoms with Crippen LogP contribution in [0.15, 0.2) is 243 Å². The quantitative estimate of drug-likeness (QED) is 0.165. The standard InChI is InChI=1S/C71H40N10/c72-41-43-38-44(42-73)40-45(39-43)63-67(79-57-29-12-5-22-50(57)64-60(79)32-15-35-74-64)69(77-53-25-8-1-18-46(53)47-19-2-9-26-54(47)77)71(81-59-31-14-7-24-52(59)66-62(81)34-17-37-76-66)70(78-55-27-10-3-20-48(55)49-21-4-11-28-56(49)78)68(63)80-58-30-13-6-23-51(58)65-61(80)33-16-36-75-65/h1-40H. The van der Waals surface area contributed by atoms with Crippen molar-refractivity contribution in [3.8, 4) is 51.7 Å². The van der Waals surface area contributed by atoms with E-state index in [9.17, 15) is 10.5 Å². The van der Waals surface area contributed by atoms with Gasteiger partial charge < -0.3 is 22.8 Å². The Morgan fingerprint density at radius 2 is 0.506 bits per heavy atom. The Morgan fingerprint density at radius 1 is 0.259 bits per heavy atom. The SMILES string of the molecule is N#Cc1cc(C#N)cc(-c2c(-n3c4ccccc4c4ncccc43)c(-n3c4ccccc4c4ccccc43)c(-n3c4ccccc4c4ncccc43)c(-n3c4ccccc4c4ccccc43)c2-n2c3ccccc3c3ncccc32)c1. The van der Waals surface area contributed by atoms with Crippen LogP contribution in [0.1, 0.15) is 11.1 Å². The van der Waals surface area contributed by atoms with Gasteiger partial charge >= 0.3 is 0 Å². The lowest BCUT2D eigenvalue weighted by Gasteiger charge is -2.32. The third-order valence-corrected chi connectivity index (χ3v) is 16.4.